The van der Waals surface area contributed by atoms with Crippen molar-refractivity contribution in [1.29, 1.82) is 0 Å². The van der Waals surface area contributed by atoms with Crippen molar-refractivity contribution in [3.63, 3.8) is 0 Å². The van der Waals surface area contributed by atoms with Crippen molar-refractivity contribution in [1.82, 2.24) is 40.1 Å². The van der Waals surface area contributed by atoms with Crippen molar-refractivity contribution in [3.05, 3.63) is 175 Å². The Balaban J connectivity index is 0.00000675. The number of halogens is 4. The SMILES string of the molecule is O=C(O)c1cc(OCc2cc(COc3cc(C(=O)O)cc(C(=O)O)c3)cc(Oc3ccc4c5nc6nc(nc7[n-]c(nc8n[n+](nc([n-]5)c4c3)-c3c(Cl)c(Cl)c(Cl)c(Cl)c3-8)c3ccccc73)-c3ccccc3-6)c2)cc(C(=O)O)c1.[Cu+2]. The number of carbonyl (C=O) groups is 4. The molecule has 3 aromatic heterocycles. The predicted octanol–water partition coefficient (Wildman–Crippen LogP) is 11.1. The maximum Gasteiger partial charge on any atom is 2.00 e. The number of hydrogen-bond donors (Lipinski definition) is 4. The van der Waals surface area contributed by atoms with Crippen LogP contribution in [0.5, 0.6) is 23.0 Å². The maximum absolute atomic E-state index is 11.9. The molecule has 80 heavy (non-hydrogen) atoms. The molecule has 0 saturated carbocycles. The zero-order valence-corrected chi connectivity index (χ0v) is 43.9. The summed E-state index contributed by atoms with van der Waals surface area (Å²) in [5.74, 6) is -4.52. The Morgan fingerprint density at radius 3 is 1.43 bits per heavy atom. The number of aromatic carboxylic acids is 4. The average molecular weight is 1200 g/mol. The topological polar surface area (TPSA) is 286 Å². The fourth-order valence-electron chi connectivity index (χ4n) is 8.90. The van der Waals surface area contributed by atoms with E-state index in [0.717, 1.165) is 12.1 Å². The molecule has 2 aliphatic rings. The zero-order valence-electron chi connectivity index (χ0n) is 39.9. The van der Waals surface area contributed by atoms with Crippen molar-refractivity contribution in [2.45, 2.75) is 13.2 Å². The summed E-state index contributed by atoms with van der Waals surface area (Å²) >= 11 is 27.2. The maximum atomic E-state index is 11.9. The van der Waals surface area contributed by atoms with Gasteiger partial charge in [0.25, 0.3) is 5.69 Å². The smallest absolute Gasteiger partial charge is 0.489 e. The van der Waals surface area contributed by atoms with E-state index < -0.39 is 23.9 Å². The largest absolute Gasteiger partial charge is 2.00 e. The van der Waals surface area contributed by atoms with E-state index in [-0.39, 0.29) is 130 Å². The van der Waals surface area contributed by atoms with Crippen LogP contribution in [0.2, 0.25) is 20.1 Å². The van der Waals surface area contributed by atoms with E-state index in [1.807, 2.05) is 48.5 Å². The van der Waals surface area contributed by atoms with Crippen LogP contribution in [0.4, 0.5) is 0 Å². The Hall–Kier alpha value is -9.21. The van der Waals surface area contributed by atoms with E-state index in [9.17, 15) is 39.6 Å². The summed E-state index contributed by atoms with van der Waals surface area (Å²) in [5.41, 5.74) is 2.09. The third-order valence-corrected chi connectivity index (χ3v) is 14.3. The minimum absolute atomic E-state index is 0. The van der Waals surface area contributed by atoms with Gasteiger partial charge in [0.1, 0.15) is 46.8 Å². The summed E-state index contributed by atoms with van der Waals surface area (Å²) in [6.45, 7) is -0.507. The van der Waals surface area contributed by atoms with Gasteiger partial charge in [-0.05, 0) is 100 Å². The van der Waals surface area contributed by atoms with Gasteiger partial charge < -0.3 is 59.6 Å². The molecule has 12 rings (SSSR count). The number of fused-ring (bicyclic) bond motifs is 20. The molecule has 0 saturated heterocycles. The van der Waals surface area contributed by atoms with Crippen LogP contribution in [-0.2, 0) is 30.3 Å². The van der Waals surface area contributed by atoms with Crippen molar-refractivity contribution >= 4 is 114 Å². The number of carboxylic acid groups (broad SMARTS) is 4. The molecule has 25 heteroatoms. The Kier molecular flexibility index (Phi) is 13.8. The first-order chi connectivity index (χ1) is 38.0. The molecule has 0 fully saturated rings. The number of carboxylic acids is 4. The average Bonchev–Trinajstić information content (AvgIpc) is 4.23. The van der Waals surface area contributed by atoms with E-state index in [1.54, 1.807) is 36.4 Å². The summed E-state index contributed by atoms with van der Waals surface area (Å²) in [4.78, 5) is 78.3. The summed E-state index contributed by atoms with van der Waals surface area (Å²) in [7, 11) is 0. The van der Waals surface area contributed by atoms with Crippen molar-refractivity contribution in [2.24, 2.45) is 0 Å². The fraction of sp³-hybridized carbons (Fsp3) is 0.0364. The molecule has 20 nitrogen and oxygen atoms in total. The van der Waals surface area contributed by atoms with Crippen LogP contribution in [0.25, 0.3) is 84.0 Å². The summed E-state index contributed by atoms with van der Waals surface area (Å²) in [6, 6.07) is 31.4. The number of rotatable bonds is 12. The number of aromatic nitrogens is 9. The second-order valence-corrected chi connectivity index (χ2v) is 19.1. The molecule has 4 N–H and O–H groups in total. The Bertz CT molecular complexity index is 4380. The molecule has 0 spiro atoms. The number of hydrogen-bond acceptors (Lipinski definition) is 13. The zero-order chi connectivity index (χ0) is 55.0. The van der Waals surface area contributed by atoms with E-state index in [4.69, 9.17) is 101 Å². The van der Waals surface area contributed by atoms with Gasteiger partial charge in [0, 0.05) is 43.3 Å². The molecule has 0 amide bonds. The molecular weight excluding hydrogens is 1170 g/mol. The molecule has 8 bridgehead atoms. The van der Waals surface area contributed by atoms with Crippen molar-refractivity contribution < 1.29 is 75.7 Å². The van der Waals surface area contributed by atoms with Crippen LogP contribution in [0.3, 0.4) is 0 Å². The Morgan fingerprint density at radius 2 is 0.912 bits per heavy atom. The molecular formula is C55H28Cl4CuN9O11+. The van der Waals surface area contributed by atoms with Gasteiger partial charge in [0.15, 0.2) is 5.82 Å². The summed E-state index contributed by atoms with van der Waals surface area (Å²) in [6.07, 6.45) is 0. The quantitative estimate of drug-likeness (QED) is 0.0383. The molecule has 2 aliphatic heterocycles. The van der Waals surface area contributed by atoms with Gasteiger partial charge >= 0.3 is 40.9 Å². The number of nitrogens with zero attached hydrogens (tertiary/aromatic N) is 9. The second kappa shape index (κ2) is 20.9. The van der Waals surface area contributed by atoms with Gasteiger partial charge in [-0.3, -0.25) is 0 Å². The van der Waals surface area contributed by atoms with Gasteiger partial charge in [0.05, 0.1) is 54.6 Å². The third kappa shape index (κ3) is 9.78. The van der Waals surface area contributed by atoms with E-state index in [2.05, 4.69) is 0 Å². The van der Waals surface area contributed by atoms with Gasteiger partial charge in [0.2, 0.25) is 0 Å². The number of ether oxygens (including phenoxy) is 3. The molecule has 397 valence electrons. The van der Waals surface area contributed by atoms with Crippen molar-refractivity contribution in [2.75, 3.05) is 0 Å². The van der Waals surface area contributed by atoms with E-state index >= 15 is 0 Å². The number of benzene rings is 7. The molecule has 1 radical (unpaired) electrons. The van der Waals surface area contributed by atoms with Crippen LogP contribution >= 0.6 is 46.4 Å². The fourth-order valence-corrected chi connectivity index (χ4v) is 9.91. The first-order valence-corrected chi connectivity index (χ1v) is 24.7. The van der Waals surface area contributed by atoms with Crippen LogP contribution in [0.1, 0.15) is 52.6 Å². The van der Waals surface area contributed by atoms with Gasteiger partial charge in [-0.15, -0.1) is 0 Å². The summed E-state index contributed by atoms with van der Waals surface area (Å²) < 4.78 is 18.5. The van der Waals surface area contributed by atoms with Gasteiger partial charge in [-0.2, -0.15) is 0 Å². The molecule has 0 unspecified atom stereocenters. The Morgan fingerprint density at radius 1 is 0.450 bits per heavy atom. The monoisotopic (exact) mass is 1190 g/mol. The van der Waals surface area contributed by atoms with Gasteiger partial charge in [-0.1, -0.05) is 100 Å². The molecule has 10 aromatic rings. The third-order valence-electron chi connectivity index (χ3n) is 12.5. The minimum atomic E-state index is -1.38. The molecule has 5 heterocycles. The van der Waals surface area contributed by atoms with Crippen LogP contribution in [0, 0.1) is 0 Å². The first-order valence-electron chi connectivity index (χ1n) is 23.2. The van der Waals surface area contributed by atoms with Crippen molar-refractivity contribution in [3.8, 4) is 62.8 Å². The predicted molar refractivity (Wildman–Crippen MR) is 286 cm³/mol. The summed E-state index contributed by atoms with van der Waals surface area (Å²) in [5, 5.41) is 50.5. The standard InChI is InChI=1S/C55H29Cl4N9O11.Cu/c56-40-39-44(43(59)42(58)41(40)57)68-66-50-38-20-29(9-10-37(38)49(64-50)63-47-34-6-2-1-5-33(34)45(61-47)60-46-35-7-3-4-8-36(35)48(62-46)65-51(39)67-68)79-32-12-23(21-77-30-16-25(52(69)70)14-26(17-30)53(71)72)11-24(13-32)22-78-31-18-27(54(73)74)15-28(19-31)55(75)76;/h1-20H,21-22H2,(H5,60,61,62,63,64,65,66,67,69,70,71,72,73,74,75,76);/q;+2/p-1. The Labute approximate surface area is 478 Å². The molecule has 0 atom stereocenters. The normalized spacial score (nSPS) is 11.4. The van der Waals surface area contributed by atoms with Crippen LogP contribution < -0.4 is 29.0 Å². The molecule has 7 aromatic carbocycles. The van der Waals surface area contributed by atoms with E-state index in [1.165, 1.54) is 29.1 Å². The first kappa shape index (κ1) is 52.8. The van der Waals surface area contributed by atoms with Crippen LogP contribution in [0.15, 0.2) is 121 Å². The van der Waals surface area contributed by atoms with Crippen LogP contribution in [-0.4, -0.2) is 74.4 Å². The van der Waals surface area contributed by atoms with E-state index in [0.29, 0.717) is 61.1 Å². The van der Waals surface area contributed by atoms with Gasteiger partial charge in [-0.25, -0.2) is 24.2 Å². The second-order valence-electron chi connectivity index (χ2n) is 17.6. The molecule has 0 aliphatic carbocycles. The minimum Gasteiger partial charge on any atom is -0.489 e.